The van der Waals surface area contributed by atoms with Crippen LogP contribution in [0, 0.1) is 11.8 Å². The molecule has 0 aliphatic carbocycles. The summed E-state index contributed by atoms with van der Waals surface area (Å²) >= 11 is 2.69. The molecular weight excluding hydrogens is 757 g/mol. The lowest BCUT2D eigenvalue weighted by Gasteiger charge is -2.31. The molecule has 286 valence electrons. The molecule has 2 amide bonds. The van der Waals surface area contributed by atoms with E-state index in [0.29, 0.717) is 57.1 Å². The van der Waals surface area contributed by atoms with E-state index in [1.165, 1.54) is 97.6 Å². The van der Waals surface area contributed by atoms with Crippen LogP contribution in [0.25, 0.3) is 0 Å². The highest BCUT2D eigenvalue weighted by atomic mass is 33.1. The van der Waals surface area contributed by atoms with Crippen LogP contribution in [0.5, 0.6) is 34.5 Å². The molecular formula is C34H44N2O12S4. The first kappa shape index (κ1) is 41.3. The number of benzene rings is 2. The average molecular weight is 801 g/mol. The van der Waals surface area contributed by atoms with Gasteiger partial charge in [-0.25, -0.2) is 9.59 Å². The molecule has 14 nitrogen and oxygen atoms in total. The van der Waals surface area contributed by atoms with E-state index in [-0.39, 0.29) is 23.3 Å². The van der Waals surface area contributed by atoms with Crippen molar-refractivity contribution in [2.24, 2.45) is 11.8 Å². The van der Waals surface area contributed by atoms with Crippen LogP contribution in [0.2, 0.25) is 0 Å². The van der Waals surface area contributed by atoms with Crippen LogP contribution in [0.15, 0.2) is 24.3 Å². The first-order valence-electron chi connectivity index (χ1n) is 16.0. The minimum atomic E-state index is -1.10. The first-order valence-corrected chi connectivity index (χ1v) is 20.6. The molecule has 2 fully saturated rings. The van der Waals surface area contributed by atoms with Crippen molar-refractivity contribution in [3.63, 3.8) is 0 Å². The van der Waals surface area contributed by atoms with Crippen molar-refractivity contribution in [1.29, 1.82) is 0 Å². The zero-order valence-electron chi connectivity index (χ0n) is 30.1. The number of nitrogens with zero attached hydrogens (tertiary/aromatic N) is 2. The van der Waals surface area contributed by atoms with Gasteiger partial charge in [-0.1, -0.05) is 35.4 Å². The third kappa shape index (κ3) is 8.66. The smallest absolute Gasteiger partial charge is 0.327 e. The van der Waals surface area contributed by atoms with Crippen LogP contribution in [0.3, 0.4) is 0 Å². The summed E-state index contributed by atoms with van der Waals surface area (Å²) < 4.78 is 32.8. The Morgan fingerprint density at radius 3 is 1.19 bits per heavy atom. The third-order valence-corrected chi connectivity index (χ3v) is 14.0. The van der Waals surface area contributed by atoms with Gasteiger partial charge in [0.15, 0.2) is 23.0 Å². The van der Waals surface area contributed by atoms with Gasteiger partial charge in [0.2, 0.25) is 23.3 Å². The Hall–Kier alpha value is -3.48. The number of thioether (sulfide) groups is 2. The Labute approximate surface area is 319 Å². The van der Waals surface area contributed by atoms with Crippen LogP contribution in [0.1, 0.15) is 35.7 Å². The predicted octanol–water partition coefficient (Wildman–Crippen LogP) is 5.15. The number of methoxy groups -OCH3 is 6. The van der Waals surface area contributed by atoms with Gasteiger partial charge in [-0.2, -0.15) is 0 Å². The second-order valence-corrected chi connectivity index (χ2v) is 16.6. The van der Waals surface area contributed by atoms with Crippen LogP contribution >= 0.6 is 45.1 Å². The largest absolute Gasteiger partial charge is 0.493 e. The fourth-order valence-electron chi connectivity index (χ4n) is 5.88. The molecule has 2 N–H and O–H groups in total. The molecule has 2 aromatic rings. The van der Waals surface area contributed by atoms with Crippen LogP contribution in [0.4, 0.5) is 0 Å². The molecule has 2 aliphatic rings. The number of amides is 2. The topological polar surface area (TPSA) is 171 Å². The van der Waals surface area contributed by atoms with Crippen molar-refractivity contribution in [3.05, 3.63) is 35.4 Å². The zero-order valence-corrected chi connectivity index (χ0v) is 33.4. The van der Waals surface area contributed by atoms with E-state index in [1.54, 1.807) is 38.1 Å². The summed E-state index contributed by atoms with van der Waals surface area (Å²) in [6.45, 7) is 3.50. The van der Waals surface area contributed by atoms with Crippen molar-refractivity contribution in [1.82, 2.24) is 9.80 Å². The Morgan fingerprint density at radius 1 is 0.635 bits per heavy atom. The van der Waals surface area contributed by atoms with Crippen LogP contribution in [-0.2, 0) is 19.2 Å². The standard InChI is InChI=1S/C34H44N2O12S4/c1-17(29(37)35-21(33(39)40)15-49-31(35)19-9-23(43-3)27(47-7)24(10-19)44-4)13-51-52-14-18(2)30(38)36-22(34(41)42)16-50-32(36)20-11-25(45-5)28(48-8)26(12-20)46-6/h9-12,17-18,21-22,31-32H,13-16H2,1-8H3,(H,39,40)(H,41,42)/t17-,18-,21+,22+,31?,32?/m1/s1. The lowest BCUT2D eigenvalue weighted by atomic mass is 10.1. The second kappa shape index (κ2) is 18.5. The number of rotatable bonds is 17. The van der Waals surface area contributed by atoms with Gasteiger partial charge in [0.05, 0.1) is 42.7 Å². The molecule has 4 rings (SSSR count). The molecule has 2 aromatic carbocycles. The maximum atomic E-state index is 13.9. The first-order chi connectivity index (χ1) is 24.9. The number of carbonyl (C=O) groups excluding carboxylic acids is 2. The molecule has 2 heterocycles. The molecule has 0 radical (unpaired) electrons. The summed E-state index contributed by atoms with van der Waals surface area (Å²) in [4.78, 5) is 55.1. The summed E-state index contributed by atoms with van der Waals surface area (Å²) in [5, 5.41) is 18.8. The maximum absolute atomic E-state index is 13.9. The summed E-state index contributed by atoms with van der Waals surface area (Å²) in [7, 11) is 11.7. The van der Waals surface area contributed by atoms with E-state index in [2.05, 4.69) is 0 Å². The lowest BCUT2D eigenvalue weighted by Crippen LogP contribution is -2.45. The predicted molar refractivity (Wildman–Crippen MR) is 202 cm³/mol. The average Bonchev–Trinajstić information content (AvgIpc) is 3.80. The lowest BCUT2D eigenvalue weighted by molar-refractivity contribution is -0.150. The van der Waals surface area contributed by atoms with Crippen molar-refractivity contribution in [2.45, 2.75) is 36.7 Å². The van der Waals surface area contributed by atoms with Gasteiger partial charge in [0.1, 0.15) is 22.8 Å². The van der Waals surface area contributed by atoms with E-state index in [9.17, 15) is 29.4 Å². The minimum Gasteiger partial charge on any atom is -0.493 e. The maximum Gasteiger partial charge on any atom is 0.327 e. The number of carbonyl (C=O) groups is 4. The number of hydrogen-bond donors (Lipinski definition) is 2. The molecule has 18 heteroatoms. The molecule has 2 saturated heterocycles. The molecule has 0 aromatic heterocycles. The molecule has 6 atom stereocenters. The number of aliphatic carboxylic acids is 2. The fourth-order valence-corrected chi connectivity index (χ4v) is 11.4. The minimum absolute atomic E-state index is 0.208. The van der Waals surface area contributed by atoms with Crippen molar-refractivity contribution >= 4 is 68.9 Å². The summed E-state index contributed by atoms with van der Waals surface area (Å²) in [5.74, 6) is -0.467. The van der Waals surface area contributed by atoms with Gasteiger partial charge in [0, 0.05) is 34.8 Å². The monoisotopic (exact) mass is 800 g/mol. The van der Waals surface area contributed by atoms with Crippen LogP contribution < -0.4 is 28.4 Å². The normalized spacial score (nSPS) is 20.9. The molecule has 52 heavy (non-hydrogen) atoms. The van der Waals surface area contributed by atoms with Crippen molar-refractivity contribution < 1.29 is 57.8 Å². The highest BCUT2D eigenvalue weighted by Gasteiger charge is 2.45. The summed E-state index contributed by atoms with van der Waals surface area (Å²) in [6, 6.07) is 4.82. The highest BCUT2D eigenvalue weighted by molar-refractivity contribution is 8.76. The number of carboxylic acid groups (broad SMARTS) is 2. The van der Waals surface area contributed by atoms with Gasteiger partial charge in [-0.3, -0.25) is 9.59 Å². The van der Waals surface area contributed by atoms with E-state index >= 15 is 0 Å². The quantitative estimate of drug-likeness (QED) is 0.159. The molecule has 0 spiro atoms. The van der Waals surface area contributed by atoms with Gasteiger partial charge in [-0.05, 0) is 35.4 Å². The number of carboxylic acids is 2. The van der Waals surface area contributed by atoms with E-state index in [1.807, 2.05) is 0 Å². The van der Waals surface area contributed by atoms with Gasteiger partial charge < -0.3 is 48.4 Å². The van der Waals surface area contributed by atoms with Crippen molar-refractivity contribution in [3.8, 4) is 34.5 Å². The van der Waals surface area contributed by atoms with E-state index < -0.39 is 46.6 Å². The van der Waals surface area contributed by atoms with Gasteiger partial charge in [0.25, 0.3) is 0 Å². The van der Waals surface area contributed by atoms with Gasteiger partial charge >= 0.3 is 11.9 Å². The number of hydrogen-bond acceptors (Lipinski definition) is 14. The number of ether oxygens (including phenoxy) is 6. The Kier molecular flexibility index (Phi) is 14.7. The Morgan fingerprint density at radius 2 is 0.942 bits per heavy atom. The third-order valence-electron chi connectivity index (χ3n) is 8.59. The molecule has 2 unspecified atom stereocenters. The van der Waals surface area contributed by atoms with E-state index in [4.69, 9.17) is 28.4 Å². The second-order valence-electron chi connectivity index (χ2n) is 11.9. The fraction of sp³-hybridized carbons (Fsp3) is 0.529. The zero-order chi connectivity index (χ0) is 38.3. The molecule has 0 bridgehead atoms. The Balaban J connectivity index is 1.44. The summed E-state index contributed by atoms with van der Waals surface area (Å²) in [5.41, 5.74) is 1.28. The van der Waals surface area contributed by atoms with Gasteiger partial charge in [-0.15, -0.1) is 23.5 Å². The molecule has 0 saturated carbocycles. The summed E-state index contributed by atoms with van der Waals surface area (Å²) in [6.07, 6.45) is 0. The Bertz CT molecular complexity index is 1460. The van der Waals surface area contributed by atoms with Crippen molar-refractivity contribution in [2.75, 3.05) is 65.7 Å². The van der Waals surface area contributed by atoms with Crippen LogP contribution in [-0.4, -0.2) is 122 Å². The van der Waals surface area contributed by atoms with E-state index in [0.717, 1.165) is 0 Å². The SMILES string of the molecule is COc1cc(C2SC[C@@H](C(=O)O)N2C(=O)[C@H](C)CSSC[C@@H](C)C(=O)N2C(c3cc(OC)c(OC)c(OC)c3)SC[C@H]2C(=O)O)cc(OC)c1OC. The highest BCUT2D eigenvalue weighted by Crippen LogP contribution is 2.49. The molecule has 2 aliphatic heterocycles.